The van der Waals surface area contributed by atoms with Crippen molar-refractivity contribution < 1.29 is 14.6 Å². The summed E-state index contributed by atoms with van der Waals surface area (Å²) in [6, 6.07) is 7.29. The molecule has 0 saturated heterocycles. The zero-order chi connectivity index (χ0) is 14.5. The number of hydrogen-bond acceptors (Lipinski definition) is 4. The highest BCUT2D eigenvalue weighted by Gasteiger charge is 2.07. The largest absolute Gasteiger partial charge is 0.506 e. The van der Waals surface area contributed by atoms with Gasteiger partial charge in [0.15, 0.2) is 0 Å². The Balaban J connectivity index is 2.02. The number of ether oxygens (including phenoxy) is 1. The first-order valence-electron chi connectivity index (χ1n) is 6.48. The minimum absolute atomic E-state index is 0.179. The lowest BCUT2D eigenvalue weighted by atomic mass is 10.0. The van der Waals surface area contributed by atoms with Gasteiger partial charge in [0, 0.05) is 17.2 Å². The normalized spacial score (nSPS) is 10.4. The summed E-state index contributed by atoms with van der Waals surface area (Å²) in [6.45, 7) is 5.51. The van der Waals surface area contributed by atoms with Crippen molar-refractivity contribution >= 4 is 16.9 Å². The number of phenolic OH excluding ortho intramolecular Hbond substituents is 1. The summed E-state index contributed by atoms with van der Waals surface area (Å²) in [5, 5.41) is 10.7. The van der Waals surface area contributed by atoms with Crippen LogP contribution in [-0.4, -0.2) is 22.7 Å². The lowest BCUT2D eigenvalue weighted by molar-refractivity contribution is -0.139. The molecule has 2 rings (SSSR count). The Hall–Kier alpha value is -2.36. The second-order valence-electron chi connectivity index (χ2n) is 4.66. The number of carbonyl (C=O) groups excluding carboxylic acids is 1. The molecule has 4 nitrogen and oxygen atoms in total. The molecule has 1 aromatic carbocycles. The van der Waals surface area contributed by atoms with Gasteiger partial charge in [-0.2, -0.15) is 0 Å². The van der Waals surface area contributed by atoms with Gasteiger partial charge in [-0.05, 0) is 37.5 Å². The van der Waals surface area contributed by atoms with Crippen molar-refractivity contribution in [2.45, 2.75) is 19.8 Å². The number of aromatic hydroxyl groups is 1. The number of carbonyl (C=O) groups is 1. The van der Waals surface area contributed by atoms with Crippen molar-refractivity contribution in [3.05, 3.63) is 48.2 Å². The SMILES string of the molecule is C=C(C)C(=O)OCCCc1ccc(O)c2ncccc12. The maximum absolute atomic E-state index is 11.2. The number of benzene rings is 1. The van der Waals surface area contributed by atoms with Crippen molar-refractivity contribution in [2.75, 3.05) is 6.61 Å². The monoisotopic (exact) mass is 271 g/mol. The minimum atomic E-state index is -0.359. The van der Waals surface area contributed by atoms with Crippen molar-refractivity contribution in [1.82, 2.24) is 4.98 Å². The van der Waals surface area contributed by atoms with Crippen LogP contribution in [0.4, 0.5) is 0 Å². The topological polar surface area (TPSA) is 59.4 Å². The number of fused-ring (bicyclic) bond motifs is 1. The van der Waals surface area contributed by atoms with Gasteiger partial charge in [-0.25, -0.2) is 4.79 Å². The van der Waals surface area contributed by atoms with Gasteiger partial charge in [0.25, 0.3) is 0 Å². The van der Waals surface area contributed by atoms with Crippen LogP contribution >= 0.6 is 0 Å². The zero-order valence-electron chi connectivity index (χ0n) is 11.4. The maximum atomic E-state index is 11.2. The highest BCUT2D eigenvalue weighted by atomic mass is 16.5. The van der Waals surface area contributed by atoms with Crippen LogP contribution in [0.5, 0.6) is 5.75 Å². The average molecular weight is 271 g/mol. The van der Waals surface area contributed by atoms with Gasteiger partial charge in [0.2, 0.25) is 0 Å². The van der Waals surface area contributed by atoms with Crippen LogP contribution in [0.2, 0.25) is 0 Å². The van der Waals surface area contributed by atoms with Crippen LogP contribution < -0.4 is 0 Å². The van der Waals surface area contributed by atoms with Gasteiger partial charge in [-0.3, -0.25) is 4.98 Å². The summed E-state index contributed by atoms with van der Waals surface area (Å²) in [6.07, 6.45) is 3.13. The molecule has 1 aromatic heterocycles. The summed E-state index contributed by atoms with van der Waals surface area (Å²) in [4.78, 5) is 15.4. The second-order valence-corrected chi connectivity index (χ2v) is 4.66. The molecule has 0 unspecified atom stereocenters. The van der Waals surface area contributed by atoms with E-state index < -0.39 is 0 Å². The van der Waals surface area contributed by atoms with Crippen LogP contribution in [-0.2, 0) is 16.0 Å². The van der Waals surface area contributed by atoms with Gasteiger partial charge in [-0.15, -0.1) is 0 Å². The molecule has 0 aliphatic rings. The van der Waals surface area contributed by atoms with Gasteiger partial charge in [0.05, 0.1) is 6.61 Å². The van der Waals surface area contributed by atoms with Crippen LogP contribution in [0.15, 0.2) is 42.6 Å². The molecule has 20 heavy (non-hydrogen) atoms. The number of phenols is 1. The lowest BCUT2D eigenvalue weighted by Gasteiger charge is -2.08. The van der Waals surface area contributed by atoms with Gasteiger partial charge >= 0.3 is 5.97 Å². The van der Waals surface area contributed by atoms with Gasteiger partial charge in [0.1, 0.15) is 11.3 Å². The first-order valence-corrected chi connectivity index (χ1v) is 6.48. The summed E-state index contributed by atoms with van der Waals surface area (Å²) >= 11 is 0. The van der Waals surface area contributed by atoms with E-state index >= 15 is 0 Å². The second kappa shape index (κ2) is 6.19. The summed E-state index contributed by atoms with van der Waals surface area (Å²) in [5.74, 6) is -0.180. The third-order valence-corrected chi connectivity index (χ3v) is 3.01. The molecule has 0 amide bonds. The van der Waals surface area contributed by atoms with Crippen molar-refractivity contribution in [2.24, 2.45) is 0 Å². The maximum Gasteiger partial charge on any atom is 0.333 e. The van der Waals surface area contributed by atoms with E-state index in [0.717, 1.165) is 17.4 Å². The fraction of sp³-hybridized carbons (Fsp3) is 0.250. The molecule has 1 N–H and O–H groups in total. The Labute approximate surface area is 117 Å². The first-order chi connectivity index (χ1) is 9.59. The smallest absolute Gasteiger partial charge is 0.333 e. The van der Waals surface area contributed by atoms with E-state index in [9.17, 15) is 9.90 Å². The quantitative estimate of drug-likeness (QED) is 0.516. The molecule has 0 spiro atoms. The van der Waals surface area contributed by atoms with Gasteiger partial charge < -0.3 is 9.84 Å². The van der Waals surface area contributed by atoms with E-state index in [0.29, 0.717) is 24.1 Å². The van der Waals surface area contributed by atoms with E-state index in [4.69, 9.17) is 4.74 Å². The van der Waals surface area contributed by atoms with Crippen LogP contribution in [0.25, 0.3) is 10.9 Å². The van der Waals surface area contributed by atoms with E-state index in [1.54, 1.807) is 19.2 Å². The summed E-state index contributed by atoms with van der Waals surface area (Å²) in [7, 11) is 0. The number of aromatic nitrogens is 1. The minimum Gasteiger partial charge on any atom is -0.506 e. The third kappa shape index (κ3) is 3.15. The fourth-order valence-electron chi connectivity index (χ4n) is 1.99. The standard InChI is InChI=1S/C16H17NO3/c1-11(2)16(19)20-10-4-5-12-7-8-14(18)15-13(12)6-3-9-17-15/h3,6-9,18H,1,4-5,10H2,2H3. The molecule has 104 valence electrons. The number of pyridine rings is 1. The van der Waals surface area contributed by atoms with E-state index in [1.807, 2.05) is 18.2 Å². The van der Waals surface area contributed by atoms with Crippen molar-refractivity contribution in [1.29, 1.82) is 0 Å². The molecular weight excluding hydrogens is 254 g/mol. The van der Waals surface area contributed by atoms with Crippen LogP contribution in [0.1, 0.15) is 18.9 Å². The fourth-order valence-corrected chi connectivity index (χ4v) is 1.99. The van der Waals surface area contributed by atoms with E-state index in [2.05, 4.69) is 11.6 Å². The molecule has 0 fully saturated rings. The number of esters is 1. The summed E-state index contributed by atoms with van der Waals surface area (Å²) in [5.41, 5.74) is 2.09. The predicted octanol–water partition coefficient (Wildman–Crippen LogP) is 2.99. The predicted molar refractivity (Wildman–Crippen MR) is 77.5 cm³/mol. The Bertz CT molecular complexity index is 649. The molecule has 0 atom stereocenters. The third-order valence-electron chi connectivity index (χ3n) is 3.01. The van der Waals surface area contributed by atoms with Gasteiger partial charge in [-0.1, -0.05) is 18.7 Å². The first kappa shape index (κ1) is 14.1. The highest BCUT2D eigenvalue weighted by molar-refractivity contribution is 5.87. The number of rotatable bonds is 5. The number of aryl methyl sites for hydroxylation is 1. The van der Waals surface area contributed by atoms with E-state index in [1.165, 1.54) is 0 Å². The highest BCUT2D eigenvalue weighted by Crippen LogP contribution is 2.26. The molecule has 2 aromatic rings. The zero-order valence-corrected chi connectivity index (χ0v) is 11.4. The molecule has 1 heterocycles. The number of hydrogen-bond donors (Lipinski definition) is 1. The van der Waals surface area contributed by atoms with Crippen molar-refractivity contribution in [3.8, 4) is 5.75 Å². The molecule has 0 bridgehead atoms. The molecule has 0 aliphatic carbocycles. The molecule has 0 aliphatic heterocycles. The Morgan fingerprint density at radius 3 is 2.95 bits per heavy atom. The summed E-state index contributed by atoms with van der Waals surface area (Å²) < 4.78 is 5.06. The lowest BCUT2D eigenvalue weighted by Crippen LogP contribution is -2.06. The van der Waals surface area contributed by atoms with Crippen LogP contribution in [0.3, 0.4) is 0 Å². The Kier molecular flexibility index (Phi) is 4.35. The molecule has 0 saturated carbocycles. The van der Waals surface area contributed by atoms with E-state index in [-0.39, 0.29) is 11.7 Å². The Morgan fingerprint density at radius 1 is 1.40 bits per heavy atom. The molecule has 0 radical (unpaired) electrons. The van der Waals surface area contributed by atoms with Crippen LogP contribution in [0, 0.1) is 0 Å². The number of nitrogens with zero attached hydrogens (tertiary/aromatic N) is 1. The average Bonchev–Trinajstić information content (AvgIpc) is 2.45. The Morgan fingerprint density at radius 2 is 2.20 bits per heavy atom. The molecule has 4 heteroatoms. The van der Waals surface area contributed by atoms with Crippen molar-refractivity contribution in [3.63, 3.8) is 0 Å². The molecular formula is C16H17NO3.